The summed E-state index contributed by atoms with van der Waals surface area (Å²) < 4.78 is 5.98. The normalized spacial score (nSPS) is 21.2. The van der Waals surface area contributed by atoms with Crippen LogP contribution >= 0.6 is 15.9 Å². The Balaban J connectivity index is 0.000000660. The summed E-state index contributed by atoms with van der Waals surface area (Å²) in [5, 5.41) is 5.81. The van der Waals surface area contributed by atoms with Crippen molar-refractivity contribution in [2.24, 2.45) is 0 Å². The molecule has 2 N–H and O–H groups in total. The molecule has 7 nitrogen and oxygen atoms in total. The number of hydrogen-bond donors (Lipinski definition) is 2. The number of piperazine rings is 1. The number of anilines is 2. The van der Waals surface area contributed by atoms with Crippen molar-refractivity contribution in [1.82, 2.24) is 10.6 Å². The molecule has 2 saturated heterocycles. The maximum absolute atomic E-state index is 12.3. The molecular weight excluding hydrogens is 424 g/mol. The van der Waals surface area contributed by atoms with E-state index in [0.717, 1.165) is 43.3 Å². The number of halogens is 1. The second kappa shape index (κ2) is 11.3. The zero-order chi connectivity index (χ0) is 20.5. The van der Waals surface area contributed by atoms with Gasteiger partial charge in [-0.1, -0.05) is 35.8 Å². The number of hydrogen-bond acceptors (Lipinski definition) is 6. The lowest BCUT2D eigenvalue weighted by atomic mass is 10.0. The molecule has 1 aromatic carbocycles. The Hall–Kier alpha value is -1.80. The Labute approximate surface area is 175 Å². The van der Waals surface area contributed by atoms with Crippen LogP contribution in [-0.2, 0) is 9.59 Å². The Morgan fingerprint density at radius 3 is 2.43 bits per heavy atom. The van der Waals surface area contributed by atoms with Crippen molar-refractivity contribution >= 4 is 39.1 Å². The molecule has 2 amide bonds. The summed E-state index contributed by atoms with van der Waals surface area (Å²) in [6, 6.07) is 5.80. The fourth-order valence-corrected chi connectivity index (χ4v) is 3.71. The van der Waals surface area contributed by atoms with Crippen LogP contribution < -0.4 is 25.2 Å². The lowest BCUT2D eigenvalue weighted by Gasteiger charge is -2.40. The third-order valence-corrected chi connectivity index (χ3v) is 4.91. The monoisotopic (exact) mass is 454 g/mol. The first kappa shape index (κ1) is 22.5. The standard InChI is InChI=1S/C17H22N4O3.C2H6.CH3Br/c22-15-5-4-14(17(23)19-15)21-10-11-24-16-12(2-1-3-13(16)21)20-8-6-18-7-9-20;2*1-2/h1-3,14,18H,4-11H2,(H,19,22,23);1-2H3;1H3. The van der Waals surface area contributed by atoms with Gasteiger partial charge in [-0.3, -0.25) is 14.9 Å². The quantitative estimate of drug-likeness (QED) is 0.526. The molecule has 0 saturated carbocycles. The molecular formula is C20H31BrN4O3. The lowest BCUT2D eigenvalue weighted by molar-refractivity contribution is -0.134. The summed E-state index contributed by atoms with van der Waals surface area (Å²) in [5.74, 6) is 2.29. The molecule has 2 fully saturated rings. The minimum absolute atomic E-state index is 0.181. The third-order valence-electron chi connectivity index (χ3n) is 4.91. The van der Waals surface area contributed by atoms with E-state index in [2.05, 4.69) is 42.4 Å². The molecule has 3 heterocycles. The molecule has 156 valence electrons. The molecule has 0 radical (unpaired) electrons. The predicted octanol–water partition coefficient (Wildman–Crippen LogP) is 2.14. The van der Waals surface area contributed by atoms with Crippen LogP contribution in [0.1, 0.15) is 26.7 Å². The highest BCUT2D eigenvalue weighted by Gasteiger charge is 2.35. The summed E-state index contributed by atoms with van der Waals surface area (Å²) in [4.78, 5) is 28.1. The van der Waals surface area contributed by atoms with Gasteiger partial charge in [-0.25, -0.2) is 0 Å². The molecule has 3 aliphatic heterocycles. The maximum Gasteiger partial charge on any atom is 0.249 e. The van der Waals surface area contributed by atoms with Gasteiger partial charge in [0, 0.05) is 32.6 Å². The zero-order valence-electron chi connectivity index (χ0n) is 17.0. The highest BCUT2D eigenvalue weighted by atomic mass is 79.9. The number of nitrogens with one attached hydrogen (secondary N) is 2. The van der Waals surface area contributed by atoms with Crippen molar-refractivity contribution in [3.63, 3.8) is 0 Å². The SMILES string of the molecule is CBr.CC.O=C1CCC(N2CCOc3c(N4CCNCC4)cccc32)C(=O)N1. The first-order valence-electron chi connectivity index (χ1n) is 9.93. The van der Waals surface area contributed by atoms with Crippen molar-refractivity contribution in [3.8, 4) is 5.75 Å². The molecule has 0 spiro atoms. The van der Waals surface area contributed by atoms with Gasteiger partial charge in [0.05, 0.1) is 17.9 Å². The largest absolute Gasteiger partial charge is 0.487 e. The Morgan fingerprint density at radius 1 is 1.07 bits per heavy atom. The van der Waals surface area contributed by atoms with Gasteiger partial charge in [0.25, 0.3) is 0 Å². The number of carbonyl (C=O) groups excluding carboxylic acids is 2. The van der Waals surface area contributed by atoms with E-state index in [0.29, 0.717) is 26.0 Å². The second-order valence-corrected chi connectivity index (χ2v) is 6.37. The Bertz CT molecular complexity index is 665. The van der Waals surface area contributed by atoms with Crippen LogP contribution in [0.25, 0.3) is 0 Å². The van der Waals surface area contributed by atoms with Crippen LogP contribution in [0, 0.1) is 0 Å². The maximum atomic E-state index is 12.3. The highest BCUT2D eigenvalue weighted by molar-refractivity contribution is 9.08. The number of nitrogens with zero attached hydrogens (tertiary/aromatic N) is 2. The van der Waals surface area contributed by atoms with E-state index in [1.165, 1.54) is 0 Å². The number of para-hydroxylation sites is 1. The van der Waals surface area contributed by atoms with E-state index in [4.69, 9.17) is 4.74 Å². The number of alkyl halides is 1. The summed E-state index contributed by atoms with van der Waals surface area (Å²) in [5.41, 5.74) is 2.04. The summed E-state index contributed by atoms with van der Waals surface area (Å²) in [6.45, 7) is 9.01. The van der Waals surface area contributed by atoms with E-state index in [9.17, 15) is 9.59 Å². The van der Waals surface area contributed by atoms with Gasteiger partial charge in [0.2, 0.25) is 11.8 Å². The van der Waals surface area contributed by atoms with Gasteiger partial charge in [-0.15, -0.1) is 0 Å². The summed E-state index contributed by atoms with van der Waals surface area (Å²) >= 11 is 2.94. The molecule has 1 aromatic rings. The molecule has 0 aromatic heterocycles. The first-order chi connectivity index (χ1) is 13.7. The molecule has 0 bridgehead atoms. The third kappa shape index (κ3) is 4.97. The van der Waals surface area contributed by atoms with Crippen molar-refractivity contribution in [3.05, 3.63) is 18.2 Å². The highest BCUT2D eigenvalue weighted by Crippen LogP contribution is 2.41. The summed E-state index contributed by atoms with van der Waals surface area (Å²) in [6.07, 6.45) is 0.947. The Morgan fingerprint density at radius 2 is 1.75 bits per heavy atom. The van der Waals surface area contributed by atoms with Gasteiger partial charge in [0.1, 0.15) is 12.6 Å². The first-order valence-corrected chi connectivity index (χ1v) is 11.5. The van der Waals surface area contributed by atoms with Crippen LogP contribution in [-0.4, -0.2) is 63.0 Å². The fraction of sp³-hybridized carbons (Fsp3) is 0.600. The van der Waals surface area contributed by atoms with Gasteiger partial charge in [0.15, 0.2) is 5.75 Å². The van der Waals surface area contributed by atoms with Gasteiger partial charge in [-0.05, 0) is 24.4 Å². The number of amides is 2. The average Bonchev–Trinajstić information content (AvgIpc) is 2.76. The zero-order valence-corrected chi connectivity index (χ0v) is 18.5. The van der Waals surface area contributed by atoms with E-state index in [1.54, 1.807) is 0 Å². The van der Waals surface area contributed by atoms with E-state index < -0.39 is 0 Å². The van der Waals surface area contributed by atoms with Crippen molar-refractivity contribution < 1.29 is 14.3 Å². The topological polar surface area (TPSA) is 73.9 Å². The number of imide groups is 1. The number of piperidine rings is 1. The minimum atomic E-state index is -0.302. The molecule has 0 aliphatic carbocycles. The van der Waals surface area contributed by atoms with Gasteiger partial charge < -0.3 is 19.9 Å². The molecule has 3 aliphatic rings. The van der Waals surface area contributed by atoms with Crippen LogP contribution in [0.2, 0.25) is 0 Å². The van der Waals surface area contributed by atoms with Crippen LogP contribution in [0.5, 0.6) is 5.75 Å². The van der Waals surface area contributed by atoms with Gasteiger partial charge >= 0.3 is 0 Å². The van der Waals surface area contributed by atoms with E-state index >= 15 is 0 Å². The van der Waals surface area contributed by atoms with E-state index in [-0.39, 0.29) is 17.9 Å². The number of rotatable bonds is 2. The van der Waals surface area contributed by atoms with Gasteiger partial charge in [-0.2, -0.15) is 0 Å². The minimum Gasteiger partial charge on any atom is -0.487 e. The summed E-state index contributed by atoms with van der Waals surface area (Å²) in [7, 11) is 0. The van der Waals surface area contributed by atoms with Crippen molar-refractivity contribution in [2.75, 3.05) is 55.0 Å². The van der Waals surface area contributed by atoms with Crippen LogP contribution in [0.3, 0.4) is 0 Å². The molecule has 4 rings (SSSR count). The Kier molecular flexibility index (Phi) is 9.05. The molecule has 1 unspecified atom stereocenters. The second-order valence-electron chi connectivity index (χ2n) is 6.37. The predicted molar refractivity (Wildman–Crippen MR) is 117 cm³/mol. The smallest absolute Gasteiger partial charge is 0.249 e. The molecule has 1 atom stereocenters. The van der Waals surface area contributed by atoms with E-state index in [1.807, 2.05) is 31.8 Å². The molecule has 28 heavy (non-hydrogen) atoms. The number of carbonyl (C=O) groups is 2. The van der Waals surface area contributed by atoms with Crippen LogP contribution in [0.15, 0.2) is 18.2 Å². The fourth-order valence-electron chi connectivity index (χ4n) is 3.71. The molecule has 8 heteroatoms. The number of fused-ring (bicyclic) bond motifs is 1. The van der Waals surface area contributed by atoms with Crippen molar-refractivity contribution in [1.29, 1.82) is 0 Å². The number of ether oxygens (including phenoxy) is 1. The van der Waals surface area contributed by atoms with Crippen molar-refractivity contribution in [2.45, 2.75) is 32.7 Å². The van der Waals surface area contributed by atoms with Crippen LogP contribution in [0.4, 0.5) is 11.4 Å². The number of benzene rings is 1. The average molecular weight is 455 g/mol. The lowest BCUT2D eigenvalue weighted by Crippen LogP contribution is -2.54.